The molecule has 0 saturated carbocycles. The molecule has 8 heteroatoms. The Balaban J connectivity index is 2.05. The van der Waals surface area contributed by atoms with Gasteiger partial charge in [0.1, 0.15) is 5.57 Å². The van der Waals surface area contributed by atoms with E-state index < -0.39 is 17.8 Å². The van der Waals surface area contributed by atoms with Crippen LogP contribution in [0.2, 0.25) is 0 Å². The molecule has 156 valence electrons. The number of benzene rings is 2. The molecular formula is C22H21BrN2O5. The summed E-state index contributed by atoms with van der Waals surface area (Å²) in [6, 6.07) is 11.0. The quantitative estimate of drug-likeness (QED) is 0.500. The van der Waals surface area contributed by atoms with Crippen molar-refractivity contribution < 1.29 is 23.9 Å². The lowest BCUT2D eigenvalue weighted by atomic mass is 10.1. The van der Waals surface area contributed by atoms with Crippen molar-refractivity contribution >= 4 is 45.5 Å². The molecule has 0 unspecified atom stereocenters. The standard InChI is InChI=1S/C22H21BrN2O5/c1-4-13(2)30-19-14(6-5-7-18(19)29-3)12-17-20(26)24-22(28)25(21(17)27)16-10-8-15(23)9-11-16/h5-13H,4H2,1-3H3,(H,24,26,28)/b17-12+/t13-/m1/s1. The van der Waals surface area contributed by atoms with E-state index in [9.17, 15) is 14.4 Å². The maximum absolute atomic E-state index is 13.1. The molecule has 1 N–H and O–H groups in total. The van der Waals surface area contributed by atoms with Gasteiger partial charge < -0.3 is 9.47 Å². The van der Waals surface area contributed by atoms with Crippen LogP contribution in [0.25, 0.3) is 6.08 Å². The fourth-order valence-electron chi connectivity index (χ4n) is 2.86. The van der Waals surface area contributed by atoms with E-state index >= 15 is 0 Å². The molecule has 0 aliphatic carbocycles. The number of hydrogen-bond acceptors (Lipinski definition) is 5. The first-order valence-corrected chi connectivity index (χ1v) is 10.2. The Hall–Kier alpha value is -3.13. The predicted octanol–water partition coefficient (Wildman–Crippen LogP) is 4.30. The zero-order chi connectivity index (χ0) is 21.8. The van der Waals surface area contributed by atoms with Crippen LogP contribution in [0.4, 0.5) is 10.5 Å². The third-order valence-corrected chi connectivity index (χ3v) is 5.14. The number of methoxy groups -OCH3 is 1. The summed E-state index contributed by atoms with van der Waals surface area (Å²) in [4.78, 5) is 38.8. The van der Waals surface area contributed by atoms with Crippen LogP contribution in [0, 0.1) is 0 Å². The molecule has 0 aromatic heterocycles. The molecule has 1 aliphatic heterocycles. The molecule has 1 fully saturated rings. The second-order valence-electron chi connectivity index (χ2n) is 6.65. The van der Waals surface area contributed by atoms with Crippen molar-refractivity contribution in [1.29, 1.82) is 0 Å². The van der Waals surface area contributed by atoms with Gasteiger partial charge in [-0.2, -0.15) is 0 Å². The number of carbonyl (C=O) groups excluding carboxylic acids is 3. The second kappa shape index (κ2) is 9.13. The number of amides is 4. The van der Waals surface area contributed by atoms with Gasteiger partial charge in [-0.1, -0.05) is 35.0 Å². The largest absolute Gasteiger partial charge is 0.493 e. The first kappa shape index (κ1) is 21.6. The number of halogens is 1. The number of barbiturate groups is 1. The van der Waals surface area contributed by atoms with Gasteiger partial charge in [0.2, 0.25) is 0 Å². The molecule has 0 radical (unpaired) electrons. The summed E-state index contributed by atoms with van der Waals surface area (Å²) in [5.74, 6) is -0.581. The van der Waals surface area contributed by atoms with Gasteiger partial charge in [-0.3, -0.25) is 14.9 Å². The maximum atomic E-state index is 13.1. The van der Waals surface area contributed by atoms with Crippen molar-refractivity contribution in [3.05, 3.63) is 58.1 Å². The van der Waals surface area contributed by atoms with E-state index in [1.807, 2.05) is 13.8 Å². The minimum Gasteiger partial charge on any atom is -0.493 e. The SMILES string of the molecule is CC[C@@H](C)Oc1c(/C=C2\C(=O)NC(=O)N(c3ccc(Br)cc3)C2=O)cccc1OC. The van der Waals surface area contributed by atoms with Gasteiger partial charge in [0, 0.05) is 10.0 Å². The van der Waals surface area contributed by atoms with Gasteiger partial charge in [0.25, 0.3) is 11.8 Å². The van der Waals surface area contributed by atoms with Gasteiger partial charge >= 0.3 is 6.03 Å². The molecule has 7 nitrogen and oxygen atoms in total. The van der Waals surface area contributed by atoms with E-state index in [1.54, 1.807) is 42.5 Å². The Morgan fingerprint density at radius 1 is 1.13 bits per heavy atom. The van der Waals surface area contributed by atoms with Crippen LogP contribution < -0.4 is 19.7 Å². The zero-order valence-corrected chi connectivity index (χ0v) is 18.4. The van der Waals surface area contributed by atoms with Crippen LogP contribution in [0.15, 0.2) is 52.5 Å². The zero-order valence-electron chi connectivity index (χ0n) is 16.8. The number of anilines is 1. The Bertz CT molecular complexity index is 1020. The van der Waals surface area contributed by atoms with Crippen LogP contribution >= 0.6 is 15.9 Å². The van der Waals surface area contributed by atoms with Crippen molar-refractivity contribution in [2.24, 2.45) is 0 Å². The highest BCUT2D eigenvalue weighted by Gasteiger charge is 2.37. The molecular weight excluding hydrogens is 452 g/mol. The third kappa shape index (κ3) is 4.38. The first-order chi connectivity index (χ1) is 14.3. The molecule has 0 spiro atoms. The second-order valence-corrected chi connectivity index (χ2v) is 7.57. The first-order valence-electron chi connectivity index (χ1n) is 9.36. The molecule has 30 heavy (non-hydrogen) atoms. The van der Waals surface area contributed by atoms with Gasteiger partial charge in [-0.05, 0) is 49.8 Å². The van der Waals surface area contributed by atoms with Gasteiger partial charge in [-0.25, -0.2) is 9.69 Å². The summed E-state index contributed by atoms with van der Waals surface area (Å²) in [6.45, 7) is 3.90. The molecule has 3 rings (SSSR count). The summed E-state index contributed by atoms with van der Waals surface area (Å²) in [7, 11) is 1.52. The fourth-order valence-corrected chi connectivity index (χ4v) is 3.12. The van der Waals surface area contributed by atoms with Crippen molar-refractivity contribution in [1.82, 2.24) is 5.32 Å². The summed E-state index contributed by atoms with van der Waals surface area (Å²) in [5, 5.41) is 2.22. The number of rotatable bonds is 6. The van der Waals surface area contributed by atoms with Crippen molar-refractivity contribution in [2.75, 3.05) is 12.0 Å². The lowest BCUT2D eigenvalue weighted by molar-refractivity contribution is -0.122. The maximum Gasteiger partial charge on any atom is 0.335 e. The number of ether oxygens (including phenoxy) is 2. The lowest BCUT2D eigenvalue weighted by Crippen LogP contribution is -2.54. The topological polar surface area (TPSA) is 84.9 Å². The summed E-state index contributed by atoms with van der Waals surface area (Å²) in [5.41, 5.74) is 0.666. The highest BCUT2D eigenvalue weighted by molar-refractivity contribution is 9.10. The minimum absolute atomic E-state index is 0.102. The lowest BCUT2D eigenvalue weighted by Gasteiger charge is -2.26. The molecule has 4 amide bonds. The van der Waals surface area contributed by atoms with Crippen molar-refractivity contribution in [3.63, 3.8) is 0 Å². The fraction of sp³-hybridized carbons (Fsp3) is 0.227. The Morgan fingerprint density at radius 3 is 2.47 bits per heavy atom. The Labute approximate surface area is 182 Å². The summed E-state index contributed by atoms with van der Waals surface area (Å²) in [6.07, 6.45) is 2.07. The van der Waals surface area contributed by atoms with E-state index in [0.717, 1.165) is 15.8 Å². The number of para-hydroxylation sites is 1. The van der Waals surface area contributed by atoms with E-state index in [-0.39, 0.29) is 11.7 Å². The third-order valence-electron chi connectivity index (χ3n) is 4.61. The van der Waals surface area contributed by atoms with Gasteiger partial charge in [0.15, 0.2) is 11.5 Å². The molecule has 2 aromatic rings. The summed E-state index contributed by atoms with van der Waals surface area (Å²) >= 11 is 3.32. The van der Waals surface area contributed by atoms with Crippen molar-refractivity contribution in [2.45, 2.75) is 26.4 Å². The van der Waals surface area contributed by atoms with Gasteiger partial charge in [-0.15, -0.1) is 0 Å². The molecule has 1 atom stereocenters. The molecule has 1 saturated heterocycles. The average Bonchev–Trinajstić information content (AvgIpc) is 2.73. The van der Waals surface area contributed by atoms with Crippen LogP contribution in [0.3, 0.4) is 0 Å². The van der Waals surface area contributed by atoms with Crippen LogP contribution in [0.1, 0.15) is 25.8 Å². The van der Waals surface area contributed by atoms with E-state index in [1.165, 1.54) is 13.2 Å². The molecule has 1 aliphatic rings. The molecule has 0 bridgehead atoms. The number of imide groups is 2. The van der Waals surface area contributed by atoms with E-state index in [4.69, 9.17) is 9.47 Å². The van der Waals surface area contributed by atoms with E-state index in [2.05, 4.69) is 21.2 Å². The van der Waals surface area contributed by atoms with Crippen LogP contribution in [-0.2, 0) is 9.59 Å². The van der Waals surface area contributed by atoms with Crippen LogP contribution in [0.5, 0.6) is 11.5 Å². The Kier molecular flexibility index (Phi) is 6.56. The Morgan fingerprint density at radius 2 is 1.83 bits per heavy atom. The highest BCUT2D eigenvalue weighted by Crippen LogP contribution is 2.34. The summed E-state index contributed by atoms with van der Waals surface area (Å²) < 4.78 is 12.2. The van der Waals surface area contributed by atoms with E-state index in [0.29, 0.717) is 22.7 Å². The van der Waals surface area contributed by atoms with Crippen molar-refractivity contribution in [3.8, 4) is 11.5 Å². The number of urea groups is 1. The predicted molar refractivity (Wildman–Crippen MR) is 117 cm³/mol. The normalized spacial score (nSPS) is 16.5. The van der Waals surface area contributed by atoms with Crippen LogP contribution in [-0.4, -0.2) is 31.1 Å². The average molecular weight is 473 g/mol. The number of nitrogens with zero attached hydrogens (tertiary/aromatic N) is 1. The number of hydrogen-bond donors (Lipinski definition) is 1. The monoisotopic (exact) mass is 472 g/mol. The molecule has 1 heterocycles. The minimum atomic E-state index is -0.800. The molecule has 2 aromatic carbocycles. The van der Waals surface area contributed by atoms with Gasteiger partial charge in [0.05, 0.1) is 18.9 Å². The number of nitrogens with one attached hydrogen (secondary N) is 1. The number of carbonyl (C=O) groups is 3. The highest BCUT2D eigenvalue weighted by atomic mass is 79.9. The smallest absolute Gasteiger partial charge is 0.335 e.